The molecule has 1 aliphatic rings. The fraction of sp³-hybridized carbons (Fsp3) is 0.375. The maximum atomic E-state index is 12.8. The molecule has 2 aromatic carbocycles. The molecule has 6 heteroatoms. The summed E-state index contributed by atoms with van der Waals surface area (Å²) in [4.78, 5) is 19.6. The van der Waals surface area contributed by atoms with Crippen LogP contribution in [-0.4, -0.2) is 34.0 Å². The number of nitrogens with zero attached hydrogens (tertiary/aromatic N) is 3. The number of nitrogens with one attached hydrogen (secondary N) is 1. The molecule has 0 bridgehead atoms. The van der Waals surface area contributed by atoms with E-state index in [0.717, 1.165) is 36.1 Å². The summed E-state index contributed by atoms with van der Waals surface area (Å²) in [5, 5.41) is 7.31. The van der Waals surface area contributed by atoms with E-state index in [9.17, 15) is 4.79 Å². The molecule has 1 amide bonds. The molecule has 1 fully saturated rings. The first-order valence-electron chi connectivity index (χ1n) is 10.6. The van der Waals surface area contributed by atoms with Crippen molar-refractivity contribution in [3.8, 4) is 11.4 Å². The zero-order valence-corrected chi connectivity index (χ0v) is 17.5. The molecule has 156 valence electrons. The normalized spacial score (nSPS) is 18.1. The van der Waals surface area contributed by atoms with Crippen LogP contribution in [0, 0.1) is 12.8 Å². The van der Waals surface area contributed by atoms with Crippen LogP contribution in [0.25, 0.3) is 11.4 Å². The second-order valence-electron chi connectivity index (χ2n) is 8.04. The van der Waals surface area contributed by atoms with E-state index in [4.69, 9.17) is 4.52 Å². The first kappa shape index (κ1) is 20.3. The van der Waals surface area contributed by atoms with Crippen molar-refractivity contribution in [2.24, 2.45) is 5.92 Å². The van der Waals surface area contributed by atoms with Crippen LogP contribution in [0.3, 0.4) is 0 Å². The molecule has 2 heterocycles. The number of benzene rings is 2. The number of carbonyl (C=O) groups excluding carboxylic acids is 1. The van der Waals surface area contributed by atoms with Crippen LogP contribution in [0.15, 0.2) is 59.1 Å². The van der Waals surface area contributed by atoms with Crippen LogP contribution >= 0.6 is 0 Å². The number of hydrogen-bond acceptors (Lipinski definition) is 5. The molecule has 30 heavy (non-hydrogen) atoms. The highest BCUT2D eigenvalue weighted by Crippen LogP contribution is 2.23. The topological polar surface area (TPSA) is 71.3 Å². The number of likely N-dealkylation sites (tertiary alicyclic amines) is 1. The van der Waals surface area contributed by atoms with Gasteiger partial charge in [0.15, 0.2) is 0 Å². The van der Waals surface area contributed by atoms with Crippen molar-refractivity contribution in [3.63, 3.8) is 0 Å². The smallest absolute Gasteiger partial charge is 0.241 e. The Bertz CT molecular complexity index is 986. The summed E-state index contributed by atoms with van der Waals surface area (Å²) in [5.41, 5.74) is 3.22. The van der Waals surface area contributed by atoms with Gasteiger partial charge in [0, 0.05) is 12.1 Å². The van der Waals surface area contributed by atoms with Gasteiger partial charge >= 0.3 is 0 Å². The molecule has 1 aromatic heterocycles. The highest BCUT2D eigenvalue weighted by Gasteiger charge is 2.27. The highest BCUT2D eigenvalue weighted by atomic mass is 16.5. The Morgan fingerprint density at radius 1 is 1.20 bits per heavy atom. The monoisotopic (exact) mass is 404 g/mol. The average molecular weight is 405 g/mol. The summed E-state index contributed by atoms with van der Waals surface area (Å²) < 4.78 is 5.49. The highest BCUT2D eigenvalue weighted by molar-refractivity contribution is 5.79. The Kier molecular flexibility index (Phi) is 6.23. The lowest BCUT2D eigenvalue weighted by molar-refractivity contribution is -0.127. The maximum absolute atomic E-state index is 12.8. The quantitative estimate of drug-likeness (QED) is 0.669. The molecule has 6 nitrogen and oxygen atoms in total. The Balaban J connectivity index is 1.35. The molecule has 2 unspecified atom stereocenters. The molecule has 1 saturated heterocycles. The van der Waals surface area contributed by atoms with Gasteiger partial charge in [-0.1, -0.05) is 59.8 Å². The summed E-state index contributed by atoms with van der Waals surface area (Å²) in [5.74, 6) is 1.30. The van der Waals surface area contributed by atoms with Crippen LogP contribution in [0.4, 0.5) is 0 Å². The summed E-state index contributed by atoms with van der Waals surface area (Å²) in [6, 6.07) is 18.1. The van der Waals surface area contributed by atoms with Crippen molar-refractivity contribution in [3.05, 3.63) is 71.6 Å². The lowest BCUT2D eigenvalue weighted by Gasteiger charge is -2.31. The average Bonchev–Trinajstić information content (AvgIpc) is 3.23. The van der Waals surface area contributed by atoms with Gasteiger partial charge in [-0.05, 0) is 44.4 Å². The van der Waals surface area contributed by atoms with Crippen LogP contribution in [0.1, 0.15) is 42.8 Å². The van der Waals surface area contributed by atoms with Gasteiger partial charge in [-0.2, -0.15) is 4.98 Å². The van der Waals surface area contributed by atoms with Crippen molar-refractivity contribution < 1.29 is 9.32 Å². The van der Waals surface area contributed by atoms with Gasteiger partial charge in [0.25, 0.3) is 0 Å². The largest absolute Gasteiger partial charge is 0.349 e. The van der Waals surface area contributed by atoms with Crippen molar-refractivity contribution in [1.29, 1.82) is 0 Å². The van der Waals surface area contributed by atoms with Gasteiger partial charge in [-0.25, -0.2) is 0 Å². The van der Waals surface area contributed by atoms with Crippen LogP contribution in [0.5, 0.6) is 0 Å². The van der Waals surface area contributed by atoms with E-state index >= 15 is 0 Å². The summed E-state index contributed by atoms with van der Waals surface area (Å²) >= 11 is 0. The summed E-state index contributed by atoms with van der Waals surface area (Å²) in [7, 11) is 0. The van der Waals surface area contributed by atoms with Gasteiger partial charge in [0.1, 0.15) is 0 Å². The van der Waals surface area contributed by atoms with E-state index in [1.165, 1.54) is 0 Å². The number of hydrogen-bond donors (Lipinski definition) is 1. The zero-order chi connectivity index (χ0) is 20.9. The molecular weight excluding hydrogens is 376 g/mol. The van der Waals surface area contributed by atoms with Crippen molar-refractivity contribution >= 4 is 5.91 Å². The minimum absolute atomic E-state index is 0.00156. The predicted octanol–water partition coefficient (Wildman–Crippen LogP) is 4.13. The Morgan fingerprint density at radius 2 is 1.97 bits per heavy atom. The molecule has 0 spiro atoms. The first-order chi connectivity index (χ1) is 14.6. The molecule has 1 aliphatic heterocycles. The predicted molar refractivity (Wildman–Crippen MR) is 115 cm³/mol. The Hall–Kier alpha value is -2.99. The standard InChI is InChI=1S/C24H28N4O2/c1-17-9-6-7-13-21(17)23-26-22(30-27-23)16-28-14-8-12-20(15-28)24(29)25-18(2)19-10-4-3-5-11-19/h3-7,9-11,13,18,20H,8,12,14-16H2,1-2H3,(H,25,29). The number of piperidine rings is 1. The van der Waals surface area contributed by atoms with E-state index in [1.54, 1.807) is 0 Å². The fourth-order valence-corrected chi connectivity index (χ4v) is 4.01. The first-order valence-corrected chi connectivity index (χ1v) is 10.6. The number of rotatable bonds is 6. The third-order valence-electron chi connectivity index (χ3n) is 5.75. The second-order valence-corrected chi connectivity index (χ2v) is 8.04. The van der Waals surface area contributed by atoms with Gasteiger partial charge in [-0.15, -0.1) is 0 Å². The minimum atomic E-state index is -0.0244. The summed E-state index contributed by atoms with van der Waals surface area (Å²) in [6.07, 6.45) is 1.89. The van der Waals surface area contributed by atoms with Crippen LogP contribution in [-0.2, 0) is 11.3 Å². The third-order valence-corrected chi connectivity index (χ3v) is 5.75. The molecule has 4 rings (SSSR count). The van der Waals surface area contributed by atoms with Crippen molar-refractivity contribution in [1.82, 2.24) is 20.4 Å². The maximum Gasteiger partial charge on any atom is 0.241 e. The number of amides is 1. The minimum Gasteiger partial charge on any atom is -0.349 e. The van der Waals surface area contributed by atoms with Crippen LogP contribution < -0.4 is 5.32 Å². The second kappa shape index (κ2) is 9.22. The van der Waals surface area contributed by atoms with E-state index in [-0.39, 0.29) is 17.9 Å². The van der Waals surface area contributed by atoms with Crippen molar-refractivity contribution in [2.45, 2.75) is 39.3 Å². The van der Waals surface area contributed by atoms with Gasteiger partial charge < -0.3 is 9.84 Å². The summed E-state index contributed by atoms with van der Waals surface area (Å²) in [6.45, 7) is 6.27. The number of carbonyl (C=O) groups is 1. The molecular formula is C24H28N4O2. The van der Waals surface area contributed by atoms with Gasteiger partial charge in [0.05, 0.1) is 18.5 Å². The van der Waals surface area contributed by atoms with E-state index in [0.29, 0.717) is 24.8 Å². The van der Waals surface area contributed by atoms with E-state index < -0.39 is 0 Å². The van der Waals surface area contributed by atoms with Crippen molar-refractivity contribution in [2.75, 3.05) is 13.1 Å². The fourth-order valence-electron chi connectivity index (χ4n) is 4.01. The lowest BCUT2D eigenvalue weighted by atomic mass is 9.96. The number of aromatic nitrogens is 2. The zero-order valence-electron chi connectivity index (χ0n) is 17.5. The SMILES string of the molecule is Cc1ccccc1-c1noc(CN2CCCC(C(=O)NC(C)c3ccccc3)C2)n1. The van der Waals surface area contributed by atoms with E-state index in [1.807, 2.05) is 68.4 Å². The van der Waals surface area contributed by atoms with Gasteiger partial charge in [-0.3, -0.25) is 9.69 Å². The molecule has 0 aliphatic carbocycles. The third kappa shape index (κ3) is 4.76. The molecule has 0 saturated carbocycles. The number of aryl methyl sites for hydroxylation is 1. The molecule has 3 aromatic rings. The Morgan fingerprint density at radius 3 is 2.77 bits per heavy atom. The van der Waals surface area contributed by atoms with Gasteiger partial charge in [0.2, 0.25) is 17.6 Å². The van der Waals surface area contributed by atoms with Crippen LogP contribution in [0.2, 0.25) is 0 Å². The molecule has 0 radical (unpaired) electrons. The lowest BCUT2D eigenvalue weighted by Crippen LogP contribution is -2.43. The molecule has 2 atom stereocenters. The van der Waals surface area contributed by atoms with E-state index in [2.05, 4.69) is 20.4 Å². The molecule has 1 N–H and O–H groups in total. The Labute approximate surface area is 177 Å².